The Labute approximate surface area is 81.4 Å². The van der Waals surface area contributed by atoms with Crippen LogP contribution in [0, 0.1) is 18.8 Å². The zero-order valence-corrected chi connectivity index (χ0v) is 7.57. The van der Waals surface area contributed by atoms with E-state index in [0.717, 1.165) is 11.8 Å². The van der Waals surface area contributed by atoms with E-state index in [1.807, 2.05) is 5.92 Å². The maximum absolute atomic E-state index is 10.4. The molecule has 0 aliphatic carbocycles. The Morgan fingerprint density at radius 1 is 1.50 bits per heavy atom. The average Bonchev–Trinajstić information content (AvgIpc) is 2.15. The Hall–Kier alpha value is -2.08. The fourth-order valence-electron chi connectivity index (χ4n) is 1.02. The summed E-state index contributed by atoms with van der Waals surface area (Å²) >= 11 is 0. The highest BCUT2D eigenvalue weighted by molar-refractivity contribution is 5.87. The van der Waals surface area contributed by atoms with E-state index < -0.39 is 5.97 Å². The van der Waals surface area contributed by atoms with Crippen LogP contribution in [0.25, 0.3) is 0 Å². The molecule has 0 atom stereocenters. The quantitative estimate of drug-likeness (QED) is 0.533. The molecule has 1 aromatic carbocycles. The maximum Gasteiger partial charge on any atom is 0.382 e. The first kappa shape index (κ1) is 10.0. The van der Waals surface area contributed by atoms with E-state index in [2.05, 4.69) is 5.92 Å². The standard InChI is InChI=1S/C11H8O3/c1-8-6-9(7-12)2-3-10(8)4-5-11(13)14/h2-3,6-7H,1H3,(H,13,14). The molecule has 0 fully saturated rings. The molecule has 0 saturated carbocycles. The molecule has 0 bridgehead atoms. The van der Waals surface area contributed by atoms with Crippen LogP contribution in [0.5, 0.6) is 0 Å². The summed E-state index contributed by atoms with van der Waals surface area (Å²) in [5.74, 6) is 3.35. The Kier molecular flexibility index (Phi) is 3.03. The van der Waals surface area contributed by atoms with Gasteiger partial charge in [0.25, 0.3) is 0 Å². The summed E-state index contributed by atoms with van der Waals surface area (Å²) in [5.41, 5.74) is 1.98. The van der Waals surface area contributed by atoms with Crippen LogP contribution in [0.3, 0.4) is 0 Å². The van der Waals surface area contributed by atoms with E-state index in [9.17, 15) is 9.59 Å². The first-order chi connectivity index (χ1) is 6.63. The van der Waals surface area contributed by atoms with E-state index in [1.165, 1.54) is 0 Å². The molecule has 1 N–H and O–H groups in total. The third-order valence-corrected chi connectivity index (χ3v) is 1.69. The lowest BCUT2D eigenvalue weighted by Crippen LogP contribution is -1.90. The van der Waals surface area contributed by atoms with Crippen molar-refractivity contribution in [2.24, 2.45) is 0 Å². The number of carbonyl (C=O) groups is 2. The van der Waals surface area contributed by atoms with Gasteiger partial charge in [-0.1, -0.05) is 12.0 Å². The molecule has 14 heavy (non-hydrogen) atoms. The van der Waals surface area contributed by atoms with Gasteiger partial charge in [0.05, 0.1) is 0 Å². The molecule has 0 amide bonds. The van der Waals surface area contributed by atoms with Crippen molar-refractivity contribution in [3.05, 3.63) is 34.9 Å². The predicted molar refractivity (Wildman–Crippen MR) is 51.1 cm³/mol. The molecule has 0 spiro atoms. The summed E-state index contributed by atoms with van der Waals surface area (Å²) < 4.78 is 0. The van der Waals surface area contributed by atoms with Crippen molar-refractivity contribution in [1.82, 2.24) is 0 Å². The molecule has 0 aromatic heterocycles. The zero-order valence-electron chi connectivity index (χ0n) is 7.57. The molecule has 0 unspecified atom stereocenters. The highest BCUT2D eigenvalue weighted by Gasteiger charge is 1.96. The van der Waals surface area contributed by atoms with Crippen LogP contribution in [-0.4, -0.2) is 17.4 Å². The van der Waals surface area contributed by atoms with Gasteiger partial charge in [0.15, 0.2) is 0 Å². The molecule has 0 aliphatic heterocycles. The molecular formula is C11H8O3. The number of carboxylic acids is 1. The van der Waals surface area contributed by atoms with E-state index in [4.69, 9.17) is 5.11 Å². The Bertz CT molecular complexity index is 436. The van der Waals surface area contributed by atoms with Gasteiger partial charge in [-0.2, -0.15) is 0 Å². The first-order valence-electron chi connectivity index (χ1n) is 3.94. The van der Waals surface area contributed by atoms with Crippen molar-refractivity contribution >= 4 is 12.3 Å². The van der Waals surface area contributed by atoms with E-state index >= 15 is 0 Å². The van der Waals surface area contributed by atoms with Gasteiger partial charge in [-0.15, -0.1) is 0 Å². The van der Waals surface area contributed by atoms with Gasteiger partial charge in [-0.25, -0.2) is 4.79 Å². The van der Waals surface area contributed by atoms with Crippen LogP contribution in [0.4, 0.5) is 0 Å². The fourth-order valence-corrected chi connectivity index (χ4v) is 1.02. The summed E-state index contributed by atoms with van der Waals surface area (Å²) in [5, 5.41) is 8.34. The van der Waals surface area contributed by atoms with Gasteiger partial charge in [-0.3, -0.25) is 4.79 Å². The van der Waals surface area contributed by atoms with Crippen LogP contribution in [-0.2, 0) is 4.79 Å². The summed E-state index contributed by atoms with van der Waals surface area (Å²) in [6.45, 7) is 1.78. The van der Waals surface area contributed by atoms with Gasteiger partial charge >= 0.3 is 5.97 Å². The summed E-state index contributed by atoms with van der Waals surface area (Å²) in [6, 6.07) is 4.90. The third-order valence-electron chi connectivity index (χ3n) is 1.69. The number of benzene rings is 1. The van der Waals surface area contributed by atoms with Crippen molar-refractivity contribution in [2.45, 2.75) is 6.92 Å². The number of carboxylic acid groups (broad SMARTS) is 1. The lowest BCUT2D eigenvalue weighted by molar-refractivity contribution is -0.130. The normalized spacial score (nSPS) is 8.64. The SMILES string of the molecule is Cc1cc(C=O)ccc1C#CC(=O)O. The van der Waals surface area contributed by atoms with Crippen molar-refractivity contribution in [1.29, 1.82) is 0 Å². The minimum atomic E-state index is -1.16. The Morgan fingerprint density at radius 3 is 2.71 bits per heavy atom. The van der Waals surface area contributed by atoms with Gasteiger partial charge < -0.3 is 5.11 Å². The van der Waals surface area contributed by atoms with Gasteiger partial charge in [0.1, 0.15) is 6.29 Å². The number of hydrogen-bond acceptors (Lipinski definition) is 2. The topological polar surface area (TPSA) is 54.4 Å². The minimum absolute atomic E-state index is 0.559. The van der Waals surface area contributed by atoms with Crippen molar-refractivity contribution in [2.75, 3.05) is 0 Å². The fraction of sp³-hybridized carbons (Fsp3) is 0.0909. The molecule has 0 heterocycles. The van der Waals surface area contributed by atoms with E-state index in [1.54, 1.807) is 25.1 Å². The monoisotopic (exact) mass is 188 g/mol. The summed E-state index contributed by atoms with van der Waals surface area (Å²) in [4.78, 5) is 20.6. The predicted octanol–water partition coefficient (Wildman–Crippen LogP) is 1.24. The molecule has 70 valence electrons. The molecule has 0 saturated heterocycles. The Balaban J connectivity index is 3.08. The highest BCUT2D eigenvalue weighted by Crippen LogP contribution is 2.08. The van der Waals surface area contributed by atoms with Crippen molar-refractivity contribution in [3.8, 4) is 11.8 Å². The number of carbonyl (C=O) groups excluding carboxylic acids is 1. The van der Waals surface area contributed by atoms with E-state index in [0.29, 0.717) is 11.1 Å². The molecule has 0 aliphatic rings. The molecule has 1 aromatic rings. The Morgan fingerprint density at radius 2 is 2.21 bits per heavy atom. The number of aryl methyl sites for hydroxylation is 1. The van der Waals surface area contributed by atoms with Crippen LogP contribution in [0.2, 0.25) is 0 Å². The second kappa shape index (κ2) is 4.24. The number of hydrogen-bond donors (Lipinski definition) is 1. The van der Waals surface area contributed by atoms with Crippen LogP contribution < -0.4 is 0 Å². The molecular weight excluding hydrogens is 180 g/mol. The van der Waals surface area contributed by atoms with Crippen LogP contribution in [0.1, 0.15) is 21.5 Å². The highest BCUT2D eigenvalue weighted by atomic mass is 16.4. The lowest BCUT2D eigenvalue weighted by Gasteiger charge is -1.97. The number of aliphatic carboxylic acids is 1. The smallest absolute Gasteiger partial charge is 0.382 e. The van der Waals surface area contributed by atoms with E-state index in [-0.39, 0.29) is 0 Å². The zero-order chi connectivity index (χ0) is 10.6. The third kappa shape index (κ3) is 2.46. The number of aldehydes is 1. The van der Waals surface area contributed by atoms with Crippen LogP contribution in [0.15, 0.2) is 18.2 Å². The first-order valence-corrected chi connectivity index (χ1v) is 3.94. The molecule has 1 rings (SSSR count). The van der Waals surface area contributed by atoms with Crippen molar-refractivity contribution < 1.29 is 14.7 Å². The van der Waals surface area contributed by atoms with Gasteiger partial charge in [0.2, 0.25) is 0 Å². The molecule has 3 heteroatoms. The largest absolute Gasteiger partial charge is 0.472 e. The molecule has 3 nitrogen and oxygen atoms in total. The number of rotatable bonds is 1. The molecule has 0 radical (unpaired) electrons. The van der Waals surface area contributed by atoms with Gasteiger partial charge in [0, 0.05) is 17.0 Å². The lowest BCUT2D eigenvalue weighted by atomic mass is 10.1. The summed E-state index contributed by atoms with van der Waals surface area (Å²) in [6.07, 6.45) is 0.738. The van der Waals surface area contributed by atoms with Crippen molar-refractivity contribution in [3.63, 3.8) is 0 Å². The summed E-state index contributed by atoms with van der Waals surface area (Å²) in [7, 11) is 0. The average molecular weight is 188 g/mol. The van der Waals surface area contributed by atoms with Crippen LogP contribution >= 0.6 is 0 Å². The minimum Gasteiger partial charge on any atom is -0.472 e. The van der Waals surface area contributed by atoms with Gasteiger partial charge in [-0.05, 0) is 24.6 Å². The maximum atomic E-state index is 10.4. The second-order valence-corrected chi connectivity index (χ2v) is 2.75. The second-order valence-electron chi connectivity index (χ2n) is 2.75.